The van der Waals surface area contributed by atoms with Gasteiger partial charge in [-0.1, -0.05) is 13.0 Å². The second kappa shape index (κ2) is 5.81. The summed E-state index contributed by atoms with van der Waals surface area (Å²) in [7, 11) is 1.70. The second-order valence-electron chi connectivity index (χ2n) is 3.64. The zero-order chi connectivity index (χ0) is 10.4. The molecule has 0 radical (unpaired) electrons. The van der Waals surface area contributed by atoms with Crippen LogP contribution in [0.1, 0.15) is 26.2 Å². The monoisotopic (exact) mass is 197 g/mol. The number of carbonyl (C=O) groups excluding carboxylic acids is 1. The second-order valence-corrected chi connectivity index (χ2v) is 3.64. The molecule has 3 heteroatoms. The summed E-state index contributed by atoms with van der Waals surface area (Å²) in [6, 6.07) is 0. The van der Waals surface area contributed by atoms with E-state index in [9.17, 15) is 4.79 Å². The minimum Gasteiger partial charge on any atom is -0.380 e. The van der Waals surface area contributed by atoms with Crippen LogP contribution in [0, 0.1) is 0 Å². The zero-order valence-corrected chi connectivity index (χ0v) is 9.08. The third-order valence-electron chi connectivity index (χ3n) is 2.45. The van der Waals surface area contributed by atoms with Crippen LogP contribution in [0.3, 0.4) is 0 Å². The zero-order valence-electron chi connectivity index (χ0n) is 9.08. The molecule has 1 aliphatic rings. The Labute approximate surface area is 85.7 Å². The van der Waals surface area contributed by atoms with Crippen molar-refractivity contribution in [1.82, 2.24) is 4.90 Å². The Hall–Kier alpha value is -0.830. The molecule has 14 heavy (non-hydrogen) atoms. The highest BCUT2D eigenvalue weighted by Gasteiger charge is 2.15. The summed E-state index contributed by atoms with van der Waals surface area (Å²) in [4.78, 5) is 13.4. The van der Waals surface area contributed by atoms with Crippen LogP contribution < -0.4 is 0 Å². The molecule has 0 unspecified atom stereocenters. The predicted octanol–water partition coefficient (Wildman–Crippen LogP) is 1.59. The Kier molecular flexibility index (Phi) is 4.66. The highest BCUT2D eigenvalue weighted by atomic mass is 16.5. The van der Waals surface area contributed by atoms with E-state index in [-0.39, 0.29) is 5.91 Å². The van der Waals surface area contributed by atoms with Crippen molar-refractivity contribution in [3.05, 3.63) is 11.6 Å². The maximum Gasteiger partial charge on any atom is 0.222 e. The summed E-state index contributed by atoms with van der Waals surface area (Å²) in [6.45, 7) is 4.36. The Morgan fingerprint density at radius 1 is 1.64 bits per heavy atom. The summed E-state index contributed by atoms with van der Waals surface area (Å²) >= 11 is 0. The first-order valence-corrected chi connectivity index (χ1v) is 5.22. The smallest absolute Gasteiger partial charge is 0.222 e. The quantitative estimate of drug-likeness (QED) is 0.640. The molecule has 3 nitrogen and oxygen atoms in total. The Bertz CT molecular complexity index is 223. The van der Waals surface area contributed by atoms with E-state index in [0.29, 0.717) is 13.0 Å². The van der Waals surface area contributed by atoms with Crippen molar-refractivity contribution < 1.29 is 9.53 Å². The van der Waals surface area contributed by atoms with Crippen LogP contribution in [0.5, 0.6) is 0 Å². The molecule has 1 rings (SSSR count). The third kappa shape index (κ3) is 3.14. The van der Waals surface area contributed by atoms with Crippen molar-refractivity contribution >= 4 is 5.91 Å². The lowest BCUT2D eigenvalue weighted by molar-refractivity contribution is -0.130. The van der Waals surface area contributed by atoms with E-state index in [1.807, 2.05) is 11.8 Å². The van der Waals surface area contributed by atoms with Crippen LogP contribution in [0.25, 0.3) is 0 Å². The molecule has 0 saturated heterocycles. The van der Waals surface area contributed by atoms with Crippen LogP contribution in [0.15, 0.2) is 11.6 Å². The molecule has 80 valence electrons. The van der Waals surface area contributed by atoms with Crippen LogP contribution in [0.4, 0.5) is 0 Å². The van der Waals surface area contributed by atoms with Gasteiger partial charge in [0, 0.05) is 26.6 Å². The lowest BCUT2D eigenvalue weighted by Crippen LogP contribution is -2.35. The molecule has 0 aromatic rings. The van der Waals surface area contributed by atoms with E-state index in [2.05, 4.69) is 6.08 Å². The molecular weight excluding hydrogens is 178 g/mol. The summed E-state index contributed by atoms with van der Waals surface area (Å²) in [5, 5.41) is 0. The molecule has 1 aliphatic heterocycles. The average Bonchev–Trinajstić information content (AvgIpc) is 2.20. The first-order valence-electron chi connectivity index (χ1n) is 5.22. The van der Waals surface area contributed by atoms with Crippen molar-refractivity contribution in [2.75, 3.05) is 26.8 Å². The predicted molar refractivity (Wildman–Crippen MR) is 56.1 cm³/mol. The molecule has 0 saturated carbocycles. The van der Waals surface area contributed by atoms with Gasteiger partial charge in [-0.2, -0.15) is 0 Å². The summed E-state index contributed by atoms with van der Waals surface area (Å²) in [6.07, 6.45) is 4.68. The van der Waals surface area contributed by atoms with Gasteiger partial charge in [-0.05, 0) is 18.4 Å². The summed E-state index contributed by atoms with van der Waals surface area (Å²) in [5.74, 6) is 0.278. The molecule has 0 spiro atoms. The van der Waals surface area contributed by atoms with Gasteiger partial charge in [-0.15, -0.1) is 0 Å². The molecular formula is C11H19NO2. The van der Waals surface area contributed by atoms with Crippen LogP contribution in [0.2, 0.25) is 0 Å². The Morgan fingerprint density at radius 2 is 2.43 bits per heavy atom. The lowest BCUT2D eigenvalue weighted by Gasteiger charge is -2.26. The van der Waals surface area contributed by atoms with E-state index in [1.165, 1.54) is 5.57 Å². The summed E-state index contributed by atoms with van der Waals surface area (Å²) < 4.78 is 5.05. The van der Waals surface area contributed by atoms with Crippen molar-refractivity contribution in [1.29, 1.82) is 0 Å². The SMILES string of the molecule is CCCC(=O)N1CC=C(COC)CC1. The molecule has 0 N–H and O–H groups in total. The lowest BCUT2D eigenvalue weighted by atomic mass is 10.1. The van der Waals surface area contributed by atoms with Crippen LogP contribution >= 0.6 is 0 Å². The van der Waals surface area contributed by atoms with Gasteiger partial charge >= 0.3 is 0 Å². The van der Waals surface area contributed by atoms with Crippen molar-refractivity contribution in [2.24, 2.45) is 0 Å². The number of hydrogen-bond donors (Lipinski definition) is 0. The van der Waals surface area contributed by atoms with Gasteiger partial charge < -0.3 is 9.64 Å². The van der Waals surface area contributed by atoms with E-state index in [1.54, 1.807) is 7.11 Å². The van der Waals surface area contributed by atoms with Crippen LogP contribution in [-0.4, -0.2) is 37.6 Å². The maximum absolute atomic E-state index is 11.5. The van der Waals surface area contributed by atoms with Gasteiger partial charge in [-0.3, -0.25) is 4.79 Å². The fourth-order valence-corrected chi connectivity index (χ4v) is 1.63. The molecule has 1 amide bonds. The maximum atomic E-state index is 11.5. The first kappa shape index (κ1) is 11.2. The number of nitrogens with zero attached hydrogens (tertiary/aromatic N) is 1. The highest BCUT2D eigenvalue weighted by molar-refractivity contribution is 5.76. The largest absolute Gasteiger partial charge is 0.380 e. The van der Waals surface area contributed by atoms with Gasteiger partial charge in [0.1, 0.15) is 0 Å². The number of rotatable bonds is 4. The number of amides is 1. The highest BCUT2D eigenvalue weighted by Crippen LogP contribution is 2.12. The van der Waals surface area contributed by atoms with Crippen molar-refractivity contribution in [3.8, 4) is 0 Å². The van der Waals surface area contributed by atoms with Gasteiger partial charge in [-0.25, -0.2) is 0 Å². The van der Waals surface area contributed by atoms with Crippen molar-refractivity contribution in [2.45, 2.75) is 26.2 Å². The van der Waals surface area contributed by atoms with E-state index in [4.69, 9.17) is 4.74 Å². The average molecular weight is 197 g/mol. The first-order chi connectivity index (χ1) is 6.77. The van der Waals surface area contributed by atoms with Gasteiger partial charge in [0.25, 0.3) is 0 Å². The molecule has 0 aliphatic carbocycles. The topological polar surface area (TPSA) is 29.5 Å². The molecule has 1 heterocycles. The fourth-order valence-electron chi connectivity index (χ4n) is 1.63. The normalized spacial score (nSPS) is 16.7. The Balaban J connectivity index is 2.38. The Morgan fingerprint density at radius 3 is 2.93 bits per heavy atom. The number of ether oxygens (including phenoxy) is 1. The van der Waals surface area contributed by atoms with Crippen molar-refractivity contribution in [3.63, 3.8) is 0 Å². The van der Waals surface area contributed by atoms with Gasteiger partial charge in [0.05, 0.1) is 6.61 Å². The van der Waals surface area contributed by atoms with Crippen LogP contribution in [-0.2, 0) is 9.53 Å². The number of hydrogen-bond acceptors (Lipinski definition) is 2. The third-order valence-corrected chi connectivity index (χ3v) is 2.45. The minimum absolute atomic E-state index is 0.278. The molecule has 0 fully saturated rings. The molecule has 0 aromatic carbocycles. The molecule has 0 atom stereocenters. The van der Waals surface area contributed by atoms with Gasteiger partial charge in [0.2, 0.25) is 5.91 Å². The van der Waals surface area contributed by atoms with E-state index < -0.39 is 0 Å². The summed E-state index contributed by atoms with van der Waals surface area (Å²) in [5.41, 5.74) is 1.31. The standard InChI is InChI=1S/C11H19NO2/c1-3-4-11(13)12-7-5-10(6-8-12)9-14-2/h5H,3-4,6-9H2,1-2H3. The van der Waals surface area contributed by atoms with Gasteiger partial charge in [0.15, 0.2) is 0 Å². The molecule has 0 aromatic heterocycles. The number of methoxy groups -OCH3 is 1. The number of carbonyl (C=O) groups is 1. The molecule has 0 bridgehead atoms. The van der Waals surface area contributed by atoms with E-state index in [0.717, 1.165) is 25.9 Å². The minimum atomic E-state index is 0.278. The fraction of sp³-hybridized carbons (Fsp3) is 0.727. The van der Waals surface area contributed by atoms with E-state index >= 15 is 0 Å².